The Kier molecular flexibility index (Phi) is 6.06. The molecule has 2 aromatic heterocycles. The highest BCUT2D eigenvalue weighted by Crippen LogP contribution is 2.69. The van der Waals surface area contributed by atoms with Crippen LogP contribution in [0.1, 0.15) is 43.2 Å². The van der Waals surface area contributed by atoms with Gasteiger partial charge in [-0.3, -0.25) is 0 Å². The summed E-state index contributed by atoms with van der Waals surface area (Å²) in [7, 11) is 0. The van der Waals surface area contributed by atoms with Crippen LogP contribution in [-0.4, -0.2) is 4.57 Å². The van der Waals surface area contributed by atoms with Gasteiger partial charge in [-0.1, -0.05) is 91.0 Å². The smallest absolute Gasteiger partial charge is 0.137 e. The molecular weight excluding hydrogens is 669 g/mol. The van der Waals surface area contributed by atoms with Gasteiger partial charge in [0, 0.05) is 55.8 Å². The lowest BCUT2D eigenvalue weighted by Gasteiger charge is -2.61. The van der Waals surface area contributed by atoms with E-state index in [1.54, 1.807) is 11.1 Å². The van der Waals surface area contributed by atoms with Crippen LogP contribution in [0, 0.1) is 23.7 Å². The minimum atomic E-state index is 0.0907. The van der Waals surface area contributed by atoms with Crippen LogP contribution in [-0.2, 0) is 5.41 Å². The molecule has 4 saturated carbocycles. The molecule has 5 aliphatic carbocycles. The first kappa shape index (κ1) is 30.3. The van der Waals surface area contributed by atoms with Crippen molar-refractivity contribution in [2.45, 2.75) is 37.5 Å². The van der Waals surface area contributed by atoms with Crippen molar-refractivity contribution >= 4 is 60.8 Å². The van der Waals surface area contributed by atoms with Crippen LogP contribution in [0.2, 0.25) is 0 Å². The maximum absolute atomic E-state index is 6.54. The van der Waals surface area contributed by atoms with Crippen LogP contribution in [0.4, 0.5) is 17.1 Å². The number of anilines is 3. The maximum atomic E-state index is 6.54. The van der Waals surface area contributed by atoms with Gasteiger partial charge >= 0.3 is 0 Å². The molecule has 4 bridgehead atoms. The van der Waals surface area contributed by atoms with Gasteiger partial charge in [-0.05, 0) is 139 Å². The van der Waals surface area contributed by atoms with E-state index < -0.39 is 0 Å². The average Bonchev–Trinajstić information content (AvgIpc) is 3.86. The Hall–Kier alpha value is -6.06. The Labute approximate surface area is 320 Å². The molecule has 264 valence electrons. The zero-order valence-electron chi connectivity index (χ0n) is 30.7. The average molecular weight is 709 g/mol. The molecule has 3 nitrogen and oxygen atoms in total. The first-order valence-corrected chi connectivity index (χ1v) is 20.3. The quantitative estimate of drug-likeness (QED) is 0.181. The molecule has 55 heavy (non-hydrogen) atoms. The molecule has 14 rings (SSSR count). The number of hydrogen-bond acceptors (Lipinski definition) is 2. The number of hydrogen-bond donors (Lipinski definition) is 0. The number of para-hydroxylation sites is 3. The SMILES string of the molecule is c1ccc(-n2c3ccccc3c3ccc(N(c4ccc5c(c4)C4(c6ccccc6-5)C5CC6CC(C5)CC4C6)c4ccc5c(c4)oc4ccccc45)cc32)cc1. The van der Waals surface area contributed by atoms with E-state index in [4.69, 9.17) is 4.42 Å². The van der Waals surface area contributed by atoms with Crippen LogP contribution in [0.5, 0.6) is 0 Å². The highest BCUT2D eigenvalue weighted by atomic mass is 16.3. The fourth-order valence-electron chi connectivity index (χ4n) is 12.5. The normalized spacial score (nSPS) is 23.3. The monoisotopic (exact) mass is 708 g/mol. The summed E-state index contributed by atoms with van der Waals surface area (Å²) < 4.78 is 8.97. The summed E-state index contributed by atoms with van der Waals surface area (Å²) in [6, 6.07) is 58.8. The molecular formula is C52H40N2O. The molecule has 0 amide bonds. The van der Waals surface area contributed by atoms with Gasteiger partial charge in [-0.25, -0.2) is 0 Å². The van der Waals surface area contributed by atoms with Gasteiger partial charge in [0.1, 0.15) is 11.2 Å². The lowest BCUT2D eigenvalue weighted by atomic mass is 9.43. The number of fused-ring (bicyclic) bond motifs is 9. The molecule has 2 heterocycles. The molecule has 3 heteroatoms. The molecule has 0 atom stereocenters. The van der Waals surface area contributed by atoms with Crippen molar-refractivity contribution in [1.29, 1.82) is 0 Å². The van der Waals surface area contributed by atoms with E-state index in [-0.39, 0.29) is 5.41 Å². The number of aromatic nitrogens is 1. The molecule has 7 aromatic carbocycles. The van der Waals surface area contributed by atoms with Gasteiger partial charge in [-0.15, -0.1) is 0 Å². The molecule has 0 saturated heterocycles. The van der Waals surface area contributed by atoms with Crippen molar-refractivity contribution < 1.29 is 4.42 Å². The Morgan fingerprint density at radius 2 is 1.05 bits per heavy atom. The number of furan rings is 1. The van der Waals surface area contributed by atoms with E-state index in [1.807, 2.05) is 0 Å². The minimum Gasteiger partial charge on any atom is -0.456 e. The predicted octanol–water partition coefficient (Wildman–Crippen LogP) is 13.9. The number of benzene rings is 7. The molecule has 0 N–H and O–H groups in total. The topological polar surface area (TPSA) is 21.3 Å². The highest BCUT2D eigenvalue weighted by molar-refractivity contribution is 6.11. The number of nitrogens with zero attached hydrogens (tertiary/aromatic N) is 2. The van der Waals surface area contributed by atoms with E-state index in [0.29, 0.717) is 11.8 Å². The second-order valence-corrected chi connectivity index (χ2v) is 17.0. The van der Waals surface area contributed by atoms with Gasteiger partial charge < -0.3 is 13.9 Å². The predicted molar refractivity (Wildman–Crippen MR) is 226 cm³/mol. The van der Waals surface area contributed by atoms with E-state index in [1.165, 1.54) is 76.4 Å². The molecule has 0 unspecified atom stereocenters. The maximum Gasteiger partial charge on any atom is 0.137 e. The van der Waals surface area contributed by atoms with Crippen molar-refractivity contribution in [3.8, 4) is 16.8 Å². The van der Waals surface area contributed by atoms with Gasteiger partial charge in [0.25, 0.3) is 0 Å². The summed E-state index contributed by atoms with van der Waals surface area (Å²) in [6.45, 7) is 0. The second kappa shape index (κ2) is 11.0. The Balaban J connectivity index is 1.07. The van der Waals surface area contributed by atoms with Crippen molar-refractivity contribution in [2.75, 3.05) is 4.90 Å². The van der Waals surface area contributed by atoms with Crippen molar-refractivity contribution in [3.63, 3.8) is 0 Å². The zero-order chi connectivity index (χ0) is 35.8. The highest BCUT2D eigenvalue weighted by Gasteiger charge is 2.61. The van der Waals surface area contributed by atoms with Crippen molar-refractivity contribution in [2.24, 2.45) is 23.7 Å². The largest absolute Gasteiger partial charge is 0.456 e. The Bertz CT molecular complexity index is 2990. The third kappa shape index (κ3) is 4.06. The summed E-state index contributed by atoms with van der Waals surface area (Å²) >= 11 is 0. The van der Waals surface area contributed by atoms with Crippen molar-refractivity contribution in [3.05, 3.63) is 169 Å². The molecule has 0 radical (unpaired) electrons. The third-order valence-corrected chi connectivity index (χ3v) is 14.3. The Morgan fingerprint density at radius 1 is 0.455 bits per heavy atom. The minimum absolute atomic E-state index is 0.0907. The zero-order valence-corrected chi connectivity index (χ0v) is 30.7. The molecule has 0 aliphatic heterocycles. The van der Waals surface area contributed by atoms with E-state index in [9.17, 15) is 0 Å². The van der Waals surface area contributed by atoms with Crippen LogP contribution in [0.3, 0.4) is 0 Å². The molecule has 4 fully saturated rings. The van der Waals surface area contributed by atoms with Gasteiger partial charge in [0.15, 0.2) is 0 Å². The lowest BCUT2D eigenvalue weighted by Crippen LogP contribution is -2.55. The Morgan fingerprint density at radius 3 is 1.89 bits per heavy atom. The van der Waals surface area contributed by atoms with E-state index >= 15 is 0 Å². The first-order valence-electron chi connectivity index (χ1n) is 20.3. The summed E-state index contributed by atoms with van der Waals surface area (Å²) in [5, 5.41) is 4.83. The lowest BCUT2D eigenvalue weighted by molar-refractivity contribution is -0.0399. The van der Waals surface area contributed by atoms with E-state index in [0.717, 1.165) is 45.1 Å². The standard InChI is InChI=1S/C52H40N2O/c1-2-10-36(11-3-1)54-48-16-8-5-13-42(48)43-22-19-38(30-49(43)54)53(39-20-23-45-44-14-6-9-17-50(44)55-51(45)31-39)37-18-21-41-40-12-4-7-15-46(40)52(47(41)29-37)34-25-32-24-33(27-34)28-35(52)26-32/h1-23,29-35H,24-28H2. The fourth-order valence-corrected chi connectivity index (χ4v) is 12.5. The summed E-state index contributed by atoms with van der Waals surface area (Å²) in [6.07, 6.45) is 6.95. The van der Waals surface area contributed by atoms with Crippen molar-refractivity contribution in [1.82, 2.24) is 4.57 Å². The van der Waals surface area contributed by atoms with Crippen LogP contribution in [0.25, 0.3) is 60.6 Å². The van der Waals surface area contributed by atoms with Gasteiger partial charge in [0.05, 0.1) is 11.0 Å². The fraction of sp³-hybridized carbons (Fsp3) is 0.192. The van der Waals surface area contributed by atoms with Gasteiger partial charge in [-0.2, -0.15) is 0 Å². The van der Waals surface area contributed by atoms with Gasteiger partial charge in [0.2, 0.25) is 0 Å². The summed E-state index contributed by atoms with van der Waals surface area (Å²) in [5.74, 6) is 3.23. The third-order valence-electron chi connectivity index (χ3n) is 14.3. The van der Waals surface area contributed by atoms with Crippen LogP contribution in [0.15, 0.2) is 162 Å². The number of rotatable bonds is 4. The summed E-state index contributed by atoms with van der Waals surface area (Å²) in [5.41, 5.74) is 15.0. The first-order chi connectivity index (χ1) is 27.2. The molecule has 1 spiro atoms. The molecule has 9 aromatic rings. The van der Waals surface area contributed by atoms with Crippen LogP contribution < -0.4 is 4.90 Å². The second-order valence-electron chi connectivity index (χ2n) is 17.0. The van der Waals surface area contributed by atoms with Crippen LogP contribution >= 0.6 is 0 Å². The molecule has 5 aliphatic rings. The summed E-state index contributed by atoms with van der Waals surface area (Å²) in [4.78, 5) is 2.49. The van der Waals surface area contributed by atoms with E-state index in [2.05, 4.69) is 167 Å².